The Hall–Kier alpha value is -1.87. The number of carbonyl (C=O) groups excluding carboxylic acids is 1. The monoisotopic (exact) mass is 546 g/mol. The summed E-state index contributed by atoms with van der Waals surface area (Å²) in [6.45, 7) is 1.87. The third-order valence-corrected chi connectivity index (χ3v) is 8.07. The van der Waals surface area contributed by atoms with E-state index in [0.29, 0.717) is 27.7 Å². The van der Waals surface area contributed by atoms with Gasteiger partial charge in [-0.05, 0) is 30.2 Å². The van der Waals surface area contributed by atoms with Crippen LogP contribution in [0.5, 0.6) is 0 Å². The van der Waals surface area contributed by atoms with Gasteiger partial charge in [-0.3, -0.25) is 4.79 Å². The van der Waals surface area contributed by atoms with Crippen molar-refractivity contribution in [1.82, 2.24) is 5.32 Å². The number of benzene rings is 2. The van der Waals surface area contributed by atoms with Crippen LogP contribution in [0.1, 0.15) is 42.9 Å². The molecule has 1 atom stereocenters. The van der Waals surface area contributed by atoms with E-state index in [0.717, 1.165) is 17.4 Å². The minimum Gasteiger partial charge on any atom is -0.384 e. The van der Waals surface area contributed by atoms with Crippen LogP contribution >= 0.6 is 34.8 Å². The zero-order valence-electron chi connectivity index (χ0n) is 18.4. The second-order valence-electron chi connectivity index (χ2n) is 9.08. The molecule has 1 aliphatic carbocycles. The lowest BCUT2D eigenvalue weighted by Crippen LogP contribution is -2.52. The Kier molecular flexibility index (Phi) is 6.66. The van der Waals surface area contributed by atoms with E-state index in [1.54, 1.807) is 36.4 Å². The van der Waals surface area contributed by atoms with Crippen LogP contribution in [0.3, 0.4) is 0 Å². The van der Waals surface area contributed by atoms with Crippen molar-refractivity contribution in [3.05, 3.63) is 68.2 Å². The first-order chi connectivity index (χ1) is 15.8. The van der Waals surface area contributed by atoms with Gasteiger partial charge in [0.05, 0.1) is 20.8 Å². The van der Waals surface area contributed by atoms with Crippen LogP contribution in [0.25, 0.3) is 0 Å². The van der Waals surface area contributed by atoms with Gasteiger partial charge in [-0.1, -0.05) is 64.2 Å². The Morgan fingerprint density at radius 3 is 2.29 bits per heavy atom. The zero-order chi connectivity index (χ0) is 24.9. The standard InChI is InChI=1S/C23H22Cl3FN2O4S/c1-22(15-7-17(24)21(26)18(25)8-15)11-19(29-33-22)13-3-5-14(6-4-13)23(27)9-16(10-23)28-20(30)12-34(2,31)32/h3-8,16H,9-12H2,1-2H3,(H,28,30). The van der Waals surface area contributed by atoms with Crippen molar-refractivity contribution >= 4 is 56.3 Å². The van der Waals surface area contributed by atoms with Gasteiger partial charge >= 0.3 is 0 Å². The smallest absolute Gasteiger partial charge is 0.235 e. The number of nitrogens with one attached hydrogen (secondary N) is 1. The lowest BCUT2D eigenvalue weighted by Gasteiger charge is -2.42. The van der Waals surface area contributed by atoms with E-state index >= 15 is 4.39 Å². The van der Waals surface area contributed by atoms with Crippen LogP contribution in [-0.4, -0.2) is 38.1 Å². The maximum absolute atomic E-state index is 15.3. The summed E-state index contributed by atoms with van der Waals surface area (Å²) in [5.41, 5.74) is 0.356. The van der Waals surface area contributed by atoms with Crippen LogP contribution in [0.15, 0.2) is 41.6 Å². The van der Waals surface area contributed by atoms with Gasteiger partial charge in [0.1, 0.15) is 11.4 Å². The van der Waals surface area contributed by atoms with E-state index in [2.05, 4.69) is 10.5 Å². The van der Waals surface area contributed by atoms with Crippen LogP contribution in [0.4, 0.5) is 4.39 Å². The predicted octanol–water partition coefficient (Wildman–Crippen LogP) is 5.17. The molecule has 6 nitrogen and oxygen atoms in total. The van der Waals surface area contributed by atoms with Gasteiger partial charge in [0.15, 0.2) is 15.4 Å². The second-order valence-corrected chi connectivity index (χ2v) is 12.4. The fraction of sp³-hybridized carbons (Fsp3) is 0.391. The molecule has 0 saturated heterocycles. The number of oxime groups is 1. The molecule has 1 unspecified atom stereocenters. The van der Waals surface area contributed by atoms with Crippen LogP contribution in [0, 0.1) is 0 Å². The molecule has 2 aromatic carbocycles. The molecule has 1 fully saturated rings. The van der Waals surface area contributed by atoms with E-state index in [9.17, 15) is 13.2 Å². The van der Waals surface area contributed by atoms with Crippen molar-refractivity contribution in [3.63, 3.8) is 0 Å². The van der Waals surface area contributed by atoms with E-state index in [1.807, 2.05) is 6.92 Å². The third-order valence-electron chi connectivity index (χ3n) is 6.09. The van der Waals surface area contributed by atoms with Gasteiger partial charge in [0, 0.05) is 37.1 Å². The topological polar surface area (TPSA) is 84.8 Å². The Balaban J connectivity index is 1.40. The highest BCUT2D eigenvalue weighted by Gasteiger charge is 2.47. The van der Waals surface area contributed by atoms with Gasteiger partial charge in [0.25, 0.3) is 0 Å². The zero-order valence-corrected chi connectivity index (χ0v) is 21.5. The summed E-state index contributed by atoms with van der Waals surface area (Å²) in [4.78, 5) is 17.5. The molecule has 11 heteroatoms. The molecule has 0 spiro atoms. The normalized spacial score (nSPS) is 26.4. The van der Waals surface area contributed by atoms with Crippen molar-refractivity contribution in [3.8, 4) is 0 Å². The molecule has 4 rings (SSSR count). The Morgan fingerprint density at radius 2 is 1.74 bits per heavy atom. The van der Waals surface area contributed by atoms with Crippen molar-refractivity contribution in [2.75, 3.05) is 12.0 Å². The van der Waals surface area contributed by atoms with Crippen molar-refractivity contribution in [1.29, 1.82) is 0 Å². The van der Waals surface area contributed by atoms with Crippen molar-refractivity contribution in [2.45, 2.75) is 43.5 Å². The molecule has 34 heavy (non-hydrogen) atoms. The molecule has 1 aliphatic heterocycles. The quantitative estimate of drug-likeness (QED) is 0.506. The largest absolute Gasteiger partial charge is 0.384 e. The van der Waals surface area contributed by atoms with Gasteiger partial charge in [-0.15, -0.1) is 0 Å². The Morgan fingerprint density at radius 1 is 1.15 bits per heavy atom. The lowest BCUT2D eigenvalue weighted by molar-refractivity contribution is -0.121. The fourth-order valence-electron chi connectivity index (χ4n) is 4.24. The number of amides is 1. The average molecular weight is 548 g/mol. The highest BCUT2D eigenvalue weighted by molar-refractivity contribution is 7.91. The number of hydrogen-bond donors (Lipinski definition) is 1. The second kappa shape index (κ2) is 8.97. The first kappa shape index (κ1) is 25.2. The molecule has 182 valence electrons. The molecule has 2 aliphatic rings. The van der Waals surface area contributed by atoms with Crippen LogP contribution in [-0.2, 0) is 30.7 Å². The highest BCUT2D eigenvalue weighted by atomic mass is 35.5. The SMILES string of the molecule is CC1(c2cc(Cl)c(Cl)c(Cl)c2)CC(c2ccc(C3(F)CC(NC(=O)CS(C)(=O)=O)C3)cc2)=NO1. The predicted molar refractivity (Wildman–Crippen MR) is 131 cm³/mol. The number of alkyl halides is 1. The Bertz CT molecular complexity index is 1250. The molecule has 2 aromatic rings. The molecule has 0 aromatic heterocycles. The summed E-state index contributed by atoms with van der Waals surface area (Å²) in [5.74, 6) is -1.22. The minimum atomic E-state index is -3.43. The summed E-state index contributed by atoms with van der Waals surface area (Å²) >= 11 is 18.4. The van der Waals surface area contributed by atoms with Gasteiger partial charge < -0.3 is 10.2 Å². The van der Waals surface area contributed by atoms with Crippen molar-refractivity contribution < 1.29 is 22.4 Å². The van der Waals surface area contributed by atoms with Gasteiger partial charge in [-0.25, -0.2) is 12.8 Å². The van der Waals surface area contributed by atoms with E-state index in [4.69, 9.17) is 39.6 Å². The molecule has 1 N–H and O–H groups in total. The van der Waals surface area contributed by atoms with Crippen molar-refractivity contribution in [2.24, 2.45) is 5.16 Å². The molecule has 1 amide bonds. The van der Waals surface area contributed by atoms with Gasteiger partial charge in [0.2, 0.25) is 5.91 Å². The molecular weight excluding hydrogens is 526 g/mol. The average Bonchev–Trinajstić information content (AvgIpc) is 3.12. The lowest BCUT2D eigenvalue weighted by atomic mass is 9.72. The third kappa shape index (κ3) is 5.20. The van der Waals surface area contributed by atoms with E-state index < -0.39 is 38.8 Å². The molecule has 0 radical (unpaired) electrons. The first-order valence-corrected chi connectivity index (χ1v) is 13.6. The fourth-order valence-corrected chi connectivity index (χ4v) is 5.39. The Labute approximate surface area is 212 Å². The summed E-state index contributed by atoms with van der Waals surface area (Å²) < 4.78 is 37.7. The van der Waals surface area contributed by atoms with Gasteiger partial charge in [-0.2, -0.15) is 0 Å². The number of carbonyl (C=O) groups is 1. The van der Waals surface area contributed by atoms with Crippen LogP contribution < -0.4 is 5.32 Å². The molecule has 1 saturated carbocycles. The first-order valence-electron chi connectivity index (χ1n) is 10.4. The van der Waals surface area contributed by atoms with E-state index in [-0.39, 0.29) is 17.9 Å². The molecule has 0 bridgehead atoms. The number of rotatable bonds is 6. The summed E-state index contributed by atoms with van der Waals surface area (Å²) in [6, 6.07) is 9.95. The molecular formula is C23H22Cl3FN2O4S. The maximum atomic E-state index is 15.3. The summed E-state index contributed by atoms with van der Waals surface area (Å²) in [7, 11) is -3.43. The molecule has 1 heterocycles. The number of halogens is 4. The van der Waals surface area contributed by atoms with Crippen LogP contribution in [0.2, 0.25) is 15.1 Å². The number of hydrogen-bond acceptors (Lipinski definition) is 5. The number of sulfone groups is 1. The maximum Gasteiger partial charge on any atom is 0.235 e. The summed E-state index contributed by atoms with van der Waals surface area (Å²) in [5, 5.41) is 7.72. The van der Waals surface area contributed by atoms with E-state index in [1.165, 1.54) is 0 Å². The minimum absolute atomic E-state index is 0.0854. The number of nitrogens with zero attached hydrogens (tertiary/aromatic N) is 1. The summed E-state index contributed by atoms with van der Waals surface area (Å²) in [6.07, 6.45) is 1.61. The highest BCUT2D eigenvalue weighted by Crippen LogP contribution is 2.46.